The maximum Gasteiger partial charge on any atom is 0.341 e. The summed E-state index contributed by atoms with van der Waals surface area (Å²) in [5.74, 6) is 0.174. The molecule has 0 atom stereocenters. The molecule has 0 aliphatic carbocycles. The number of thioether (sulfide) groups is 1. The number of carbonyl (C=O) groups is 1. The molecule has 3 aromatic rings. The summed E-state index contributed by atoms with van der Waals surface area (Å²) in [7, 11) is 2.86. The Morgan fingerprint density at radius 3 is 2.61 bits per heavy atom. The second-order valence-electron chi connectivity index (χ2n) is 5.91. The van der Waals surface area contributed by atoms with Crippen LogP contribution in [0.3, 0.4) is 0 Å². The predicted molar refractivity (Wildman–Crippen MR) is 109 cm³/mol. The standard InChI is InChI=1S/C21H21N3O3S/c1-26-13-19(20(25)27-2)18-11-7-6-10-17(18)14-28-21-22-15-24(23-21)12-16-8-4-3-5-9-16/h3-11,13,15H,12,14H2,1-2H3. The molecule has 0 saturated heterocycles. The van der Waals surface area contributed by atoms with Gasteiger partial charge in [-0.05, 0) is 16.7 Å². The van der Waals surface area contributed by atoms with E-state index in [4.69, 9.17) is 9.47 Å². The van der Waals surface area contributed by atoms with E-state index >= 15 is 0 Å². The van der Waals surface area contributed by atoms with E-state index in [0.717, 1.165) is 11.1 Å². The van der Waals surface area contributed by atoms with Crippen molar-refractivity contribution in [2.45, 2.75) is 17.5 Å². The molecule has 0 N–H and O–H groups in total. The lowest BCUT2D eigenvalue weighted by atomic mass is 10.0. The average molecular weight is 395 g/mol. The lowest BCUT2D eigenvalue weighted by Gasteiger charge is -2.10. The number of hydrogen-bond acceptors (Lipinski definition) is 6. The van der Waals surface area contributed by atoms with E-state index in [-0.39, 0.29) is 0 Å². The summed E-state index contributed by atoms with van der Waals surface area (Å²) in [4.78, 5) is 16.5. The first-order chi connectivity index (χ1) is 13.7. The monoisotopic (exact) mass is 395 g/mol. The van der Waals surface area contributed by atoms with Crippen LogP contribution in [0.5, 0.6) is 0 Å². The maximum atomic E-state index is 12.1. The molecule has 144 valence electrons. The van der Waals surface area contributed by atoms with Gasteiger partial charge in [0.15, 0.2) is 0 Å². The maximum absolute atomic E-state index is 12.1. The second kappa shape index (κ2) is 9.75. The van der Waals surface area contributed by atoms with Gasteiger partial charge >= 0.3 is 5.97 Å². The highest BCUT2D eigenvalue weighted by molar-refractivity contribution is 7.98. The van der Waals surface area contributed by atoms with Gasteiger partial charge in [-0.25, -0.2) is 14.5 Å². The molecule has 0 amide bonds. The van der Waals surface area contributed by atoms with Crippen molar-refractivity contribution in [3.05, 3.63) is 83.9 Å². The lowest BCUT2D eigenvalue weighted by molar-refractivity contribution is -0.133. The fourth-order valence-electron chi connectivity index (χ4n) is 2.69. The zero-order valence-corrected chi connectivity index (χ0v) is 16.6. The number of nitrogens with zero attached hydrogens (tertiary/aromatic N) is 3. The van der Waals surface area contributed by atoms with Gasteiger partial charge < -0.3 is 9.47 Å². The SMILES string of the molecule is COC=C(C(=O)OC)c1ccccc1CSc1ncn(Cc2ccccc2)n1. The molecule has 2 aromatic carbocycles. The largest absolute Gasteiger partial charge is 0.503 e. The highest BCUT2D eigenvalue weighted by Gasteiger charge is 2.17. The van der Waals surface area contributed by atoms with Crippen molar-refractivity contribution in [1.29, 1.82) is 0 Å². The van der Waals surface area contributed by atoms with Crippen molar-refractivity contribution in [2.75, 3.05) is 14.2 Å². The first kappa shape index (κ1) is 19.7. The Balaban J connectivity index is 1.72. The quantitative estimate of drug-likeness (QED) is 0.250. The minimum absolute atomic E-state index is 0.378. The van der Waals surface area contributed by atoms with Crippen molar-refractivity contribution >= 4 is 23.3 Å². The van der Waals surface area contributed by atoms with E-state index in [2.05, 4.69) is 22.2 Å². The fourth-order valence-corrected chi connectivity index (χ4v) is 3.51. The third kappa shape index (κ3) is 5.01. The molecule has 1 heterocycles. The predicted octanol–water partition coefficient (Wildman–Crippen LogP) is 3.78. The van der Waals surface area contributed by atoms with Gasteiger partial charge in [0.05, 0.1) is 27.0 Å². The number of aromatic nitrogens is 3. The first-order valence-electron chi connectivity index (χ1n) is 8.67. The van der Waals surface area contributed by atoms with Gasteiger partial charge in [0, 0.05) is 5.75 Å². The smallest absolute Gasteiger partial charge is 0.341 e. The Hall–Kier alpha value is -3.06. The summed E-state index contributed by atoms with van der Waals surface area (Å²) in [6, 6.07) is 17.8. The normalized spacial score (nSPS) is 11.3. The van der Waals surface area contributed by atoms with Crippen LogP contribution in [0, 0.1) is 0 Å². The Kier molecular flexibility index (Phi) is 6.86. The van der Waals surface area contributed by atoms with Gasteiger partial charge in [0.1, 0.15) is 11.9 Å². The summed E-state index contributed by atoms with van der Waals surface area (Å²) in [5, 5.41) is 5.20. The Morgan fingerprint density at radius 2 is 1.86 bits per heavy atom. The van der Waals surface area contributed by atoms with Gasteiger partial charge in [-0.3, -0.25) is 0 Å². The summed E-state index contributed by atoms with van der Waals surface area (Å²) >= 11 is 1.51. The van der Waals surface area contributed by atoms with Crippen LogP contribution in [-0.2, 0) is 26.6 Å². The number of ether oxygens (including phenoxy) is 2. The molecule has 0 aliphatic rings. The van der Waals surface area contributed by atoms with Crippen LogP contribution in [0.25, 0.3) is 5.57 Å². The molecule has 0 saturated carbocycles. The van der Waals surface area contributed by atoms with Crippen LogP contribution in [0.2, 0.25) is 0 Å². The number of carbonyl (C=O) groups excluding carboxylic acids is 1. The first-order valence-corrected chi connectivity index (χ1v) is 9.65. The molecule has 0 fully saturated rings. The molecule has 28 heavy (non-hydrogen) atoms. The van der Waals surface area contributed by atoms with Crippen molar-refractivity contribution in [1.82, 2.24) is 14.8 Å². The van der Waals surface area contributed by atoms with Gasteiger partial charge in [-0.2, -0.15) is 0 Å². The Bertz CT molecular complexity index is 954. The van der Waals surface area contributed by atoms with Crippen LogP contribution < -0.4 is 0 Å². The highest BCUT2D eigenvalue weighted by atomic mass is 32.2. The fraction of sp³-hybridized carbons (Fsp3) is 0.190. The molecule has 0 spiro atoms. The summed E-state index contributed by atoms with van der Waals surface area (Å²) in [5.41, 5.74) is 3.29. The van der Waals surface area contributed by atoms with E-state index in [0.29, 0.717) is 23.0 Å². The Morgan fingerprint density at radius 1 is 1.11 bits per heavy atom. The third-order valence-corrected chi connectivity index (χ3v) is 4.91. The minimum atomic E-state index is -0.440. The molecule has 3 rings (SSSR count). The van der Waals surface area contributed by atoms with Gasteiger partial charge in [-0.15, -0.1) is 5.10 Å². The van der Waals surface area contributed by atoms with E-state index in [1.165, 1.54) is 37.8 Å². The zero-order valence-electron chi connectivity index (χ0n) is 15.7. The van der Waals surface area contributed by atoms with E-state index < -0.39 is 5.97 Å². The molecule has 7 heteroatoms. The zero-order chi connectivity index (χ0) is 19.8. The van der Waals surface area contributed by atoms with Crippen molar-refractivity contribution in [3.63, 3.8) is 0 Å². The third-order valence-electron chi connectivity index (χ3n) is 4.01. The van der Waals surface area contributed by atoms with Crippen LogP contribution in [0.15, 0.2) is 72.3 Å². The molecular formula is C21H21N3O3S. The number of esters is 1. The molecule has 0 bridgehead atoms. The molecule has 6 nitrogen and oxygen atoms in total. The lowest BCUT2D eigenvalue weighted by Crippen LogP contribution is -2.06. The van der Waals surface area contributed by atoms with Crippen LogP contribution in [-0.4, -0.2) is 35.0 Å². The molecule has 0 unspecified atom stereocenters. The number of benzene rings is 2. The average Bonchev–Trinajstić information content (AvgIpc) is 3.18. The van der Waals surface area contributed by atoms with Crippen molar-refractivity contribution in [2.24, 2.45) is 0 Å². The minimum Gasteiger partial charge on any atom is -0.503 e. The van der Waals surface area contributed by atoms with Crippen LogP contribution in [0.4, 0.5) is 0 Å². The summed E-state index contributed by atoms with van der Waals surface area (Å²) < 4.78 is 11.8. The van der Waals surface area contributed by atoms with Gasteiger partial charge in [0.25, 0.3) is 0 Å². The topological polar surface area (TPSA) is 66.2 Å². The van der Waals surface area contributed by atoms with Gasteiger partial charge in [0.2, 0.25) is 5.16 Å². The molecule has 0 aliphatic heterocycles. The Labute approximate surface area is 168 Å². The number of rotatable bonds is 8. The van der Waals surface area contributed by atoms with Gasteiger partial charge in [-0.1, -0.05) is 66.4 Å². The van der Waals surface area contributed by atoms with Crippen molar-refractivity contribution in [3.8, 4) is 0 Å². The molecule has 1 aromatic heterocycles. The van der Waals surface area contributed by atoms with E-state index in [1.807, 2.05) is 47.1 Å². The molecular weight excluding hydrogens is 374 g/mol. The van der Waals surface area contributed by atoms with E-state index in [1.54, 1.807) is 6.33 Å². The summed E-state index contributed by atoms with van der Waals surface area (Å²) in [6.45, 7) is 0.675. The molecule has 0 radical (unpaired) electrons. The van der Waals surface area contributed by atoms with Crippen molar-refractivity contribution < 1.29 is 14.3 Å². The summed E-state index contributed by atoms with van der Waals surface area (Å²) in [6.07, 6.45) is 3.13. The van der Waals surface area contributed by atoms with E-state index in [9.17, 15) is 4.79 Å². The van der Waals surface area contributed by atoms with Crippen LogP contribution in [0.1, 0.15) is 16.7 Å². The second-order valence-corrected chi connectivity index (χ2v) is 6.86. The number of methoxy groups -OCH3 is 2. The number of hydrogen-bond donors (Lipinski definition) is 0. The van der Waals surface area contributed by atoms with Crippen LogP contribution >= 0.6 is 11.8 Å². The highest BCUT2D eigenvalue weighted by Crippen LogP contribution is 2.26.